The number of fused-ring (bicyclic) bond motifs is 1. The molecule has 1 aromatic heterocycles. The average Bonchev–Trinajstić information content (AvgIpc) is 2.59. The number of H-pyrrole nitrogens is 1. The van der Waals surface area contributed by atoms with Crippen molar-refractivity contribution >= 4 is 21.0 Å². The highest BCUT2D eigenvalue weighted by Gasteiger charge is 2.09. The molecule has 0 saturated carbocycles. The summed E-state index contributed by atoms with van der Waals surface area (Å²) in [6.07, 6.45) is 3.94. The Morgan fingerprint density at radius 2 is 2.12 bits per heavy atom. The van der Waals surface area contributed by atoms with Gasteiger partial charge in [-0.25, -0.2) is 0 Å². The molecule has 2 N–H and O–H groups in total. The van der Waals surface area contributed by atoms with Crippen LogP contribution >= 0.6 is 0 Å². The van der Waals surface area contributed by atoms with Gasteiger partial charge in [0.25, 0.3) is 10.1 Å². The van der Waals surface area contributed by atoms with Crippen LogP contribution in [0.1, 0.15) is 24.5 Å². The fourth-order valence-corrected chi connectivity index (χ4v) is 2.60. The van der Waals surface area contributed by atoms with Gasteiger partial charge in [-0.05, 0) is 29.7 Å². The number of aromatic amines is 1. The fraction of sp³-hybridized carbons (Fsp3) is 0.333. The maximum Gasteiger partial charge on any atom is 0.269 e. The van der Waals surface area contributed by atoms with Crippen LogP contribution in [0.5, 0.6) is 0 Å². The van der Waals surface area contributed by atoms with Gasteiger partial charge in [0.05, 0.1) is 0 Å². The monoisotopic (exact) mass is 253 g/mol. The quantitative estimate of drug-likeness (QED) is 0.822. The molecule has 17 heavy (non-hydrogen) atoms. The van der Waals surface area contributed by atoms with Gasteiger partial charge < -0.3 is 4.98 Å². The van der Waals surface area contributed by atoms with Gasteiger partial charge in [-0.15, -0.1) is 0 Å². The molecular weight excluding hydrogens is 238 g/mol. The van der Waals surface area contributed by atoms with E-state index in [2.05, 4.69) is 11.9 Å². The van der Waals surface area contributed by atoms with E-state index in [0.29, 0.717) is 5.56 Å². The van der Waals surface area contributed by atoms with E-state index in [9.17, 15) is 8.42 Å². The number of nitrogens with one attached hydrogen (secondary N) is 1. The van der Waals surface area contributed by atoms with E-state index in [1.54, 1.807) is 6.07 Å². The molecule has 0 spiro atoms. The predicted molar refractivity (Wildman–Crippen MR) is 67.5 cm³/mol. The highest BCUT2D eigenvalue weighted by molar-refractivity contribution is 7.85. The lowest BCUT2D eigenvalue weighted by Crippen LogP contribution is -2.01. The lowest BCUT2D eigenvalue weighted by molar-refractivity contribution is 0.482. The van der Waals surface area contributed by atoms with Crippen molar-refractivity contribution in [2.24, 2.45) is 0 Å². The Bertz CT molecular complexity index is 628. The van der Waals surface area contributed by atoms with E-state index >= 15 is 0 Å². The van der Waals surface area contributed by atoms with Crippen molar-refractivity contribution < 1.29 is 13.0 Å². The topological polar surface area (TPSA) is 70.2 Å². The molecule has 92 valence electrons. The second kappa shape index (κ2) is 4.50. The smallest absolute Gasteiger partial charge is 0.269 e. The van der Waals surface area contributed by atoms with Crippen LogP contribution in [0.15, 0.2) is 24.4 Å². The van der Waals surface area contributed by atoms with Crippen molar-refractivity contribution in [3.63, 3.8) is 0 Å². The molecule has 2 rings (SSSR count). The second-order valence-corrected chi connectivity index (χ2v) is 5.62. The van der Waals surface area contributed by atoms with Crippen molar-refractivity contribution in [2.45, 2.75) is 25.5 Å². The Morgan fingerprint density at radius 1 is 1.35 bits per heavy atom. The van der Waals surface area contributed by atoms with Crippen molar-refractivity contribution in [3.8, 4) is 0 Å². The number of aryl methyl sites for hydroxylation is 1. The fourth-order valence-electron chi connectivity index (χ4n) is 2.00. The molecule has 0 bridgehead atoms. The maximum atomic E-state index is 10.8. The zero-order valence-electron chi connectivity index (χ0n) is 9.60. The van der Waals surface area contributed by atoms with Crippen LogP contribution in [-0.4, -0.2) is 18.0 Å². The van der Waals surface area contributed by atoms with E-state index < -0.39 is 10.1 Å². The largest absolute Gasteiger partial charge is 0.361 e. The van der Waals surface area contributed by atoms with Crippen LogP contribution in [0.3, 0.4) is 0 Å². The van der Waals surface area contributed by atoms with E-state index in [-0.39, 0.29) is 5.75 Å². The summed E-state index contributed by atoms with van der Waals surface area (Å²) in [4.78, 5) is 3.15. The first-order valence-corrected chi connectivity index (χ1v) is 7.14. The summed E-state index contributed by atoms with van der Waals surface area (Å²) in [5.41, 5.74) is 2.78. The zero-order chi connectivity index (χ0) is 12.5. The van der Waals surface area contributed by atoms with Crippen LogP contribution in [0.2, 0.25) is 0 Å². The summed E-state index contributed by atoms with van der Waals surface area (Å²) in [5, 5.41) is 1.04. The third-order valence-electron chi connectivity index (χ3n) is 2.70. The number of rotatable bonds is 4. The first kappa shape index (κ1) is 12.1. The van der Waals surface area contributed by atoms with Crippen LogP contribution < -0.4 is 0 Å². The van der Waals surface area contributed by atoms with Crippen LogP contribution in [0, 0.1) is 0 Å². The molecule has 0 radical (unpaired) electrons. The van der Waals surface area contributed by atoms with Crippen LogP contribution in [0.4, 0.5) is 0 Å². The molecule has 0 amide bonds. The molecule has 1 heterocycles. The van der Waals surface area contributed by atoms with E-state index in [1.165, 1.54) is 5.56 Å². The number of hydrogen-bond acceptors (Lipinski definition) is 2. The Balaban J connectivity index is 2.44. The third kappa shape index (κ3) is 2.87. The predicted octanol–water partition coefficient (Wildman–Crippen LogP) is 2.51. The second-order valence-electron chi connectivity index (χ2n) is 4.17. The van der Waals surface area contributed by atoms with Crippen molar-refractivity contribution in [2.75, 3.05) is 0 Å². The van der Waals surface area contributed by atoms with E-state index in [4.69, 9.17) is 4.55 Å². The number of hydrogen-bond donors (Lipinski definition) is 2. The average molecular weight is 253 g/mol. The standard InChI is InChI=1S/C12H15NO3S/c1-2-3-10-7-13-12-5-4-9(6-11(10)12)8-17(14,15)16/h4-7,13H,2-3,8H2,1H3,(H,14,15,16). The molecule has 2 aromatic rings. The van der Waals surface area contributed by atoms with Gasteiger partial charge >= 0.3 is 0 Å². The highest BCUT2D eigenvalue weighted by Crippen LogP contribution is 2.21. The molecule has 0 aliphatic rings. The van der Waals surface area contributed by atoms with Gasteiger partial charge in [-0.1, -0.05) is 19.4 Å². The third-order valence-corrected chi connectivity index (χ3v) is 3.40. The number of aromatic nitrogens is 1. The summed E-state index contributed by atoms with van der Waals surface area (Å²) in [6.45, 7) is 2.10. The molecule has 5 heteroatoms. The van der Waals surface area contributed by atoms with E-state index in [0.717, 1.165) is 23.7 Å². The minimum Gasteiger partial charge on any atom is -0.361 e. The molecular formula is C12H15NO3S. The SMILES string of the molecule is CCCc1c[nH]c2ccc(CS(=O)(=O)O)cc12. The summed E-state index contributed by atoms with van der Waals surface area (Å²) >= 11 is 0. The first-order chi connectivity index (χ1) is 7.99. The van der Waals surface area contributed by atoms with E-state index in [1.807, 2.05) is 18.3 Å². The molecule has 0 aliphatic heterocycles. The van der Waals surface area contributed by atoms with Crippen molar-refractivity contribution in [1.29, 1.82) is 0 Å². The molecule has 0 aliphatic carbocycles. The minimum atomic E-state index is -3.96. The van der Waals surface area contributed by atoms with Crippen molar-refractivity contribution in [1.82, 2.24) is 4.98 Å². The van der Waals surface area contributed by atoms with Gasteiger partial charge in [0.15, 0.2) is 0 Å². The summed E-state index contributed by atoms with van der Waals surface area (Å²) < 4.78 is 30.5. The lowest BCUT2D eigenvalue weighted by atomic mass is 10.1. The van der Waals surface area contributed by atoms with Gasteiger partial charge in [0, 0.05) is 17.1 Å². The molecule has 1 aromatic carbocycles. The van der Waals surface area contributed by atoms with Crippen LogP contribution in [-0.2, 0) is 22.3 Å². The van der Waals surface area contributed by atoms with Gasteiger partial charge in [-0.2, -0.15) is 8.42 Å². The van der Waals surface area contributed by atoms with Crippen LogP contribution in [0.25, 0.3) is 10.9 Å². The molecule has 0 saturated heterocycles. The van der Waals surface area contributed by atoms with Crippen molar-refractivity contribution in [3.05, 3.63) is 35.5 Å². The van der Waals surface area contributed by atoms with Gasteiger partial charge in [-0.3, -0.25) is 4.55 Å². The molecule has 4 nitrogen and oxygen atoms in total. The Kier molecular flexibility index (Phi) is 3.22. The lowest BCUT2D eigenvalue weighted by Gasteiger charge is -2.01. The molecule has 0 atom stereocenters. The normalized spacial score (nSPS) is 12.1. The summed E-state index contributed by atoms with van der Waals surface area (Å²) in [5.74, 6) is -0.334. The Hall–Kier alpha value is -1.33. The summed E-state index contributed by atoms with van der Waals surface area (Å²) in [7, 11) is -3.96. The van der Waals surface area contributed by atoms with Gasteiger partial charge in [0.2, 0.25) is 0 Å². The first-order valence-electron chi connectivity index (χ1n) is 5.53. The maximum absolute atomic E-state index is 10.8. The molecule has 0 fully saturated rings. The Morgan fingerprint density at radius 3 is 2.76 bits per heavy atom. The minimum absolute atomic E-state index is 0.334. The Labute approximate surface area is 100 Å². The van der Waals surface area contributed by atoms with Gasteiger partial charge in [0.1, 0.15) is 5.75 Å². The zero-order valence-corrected chi connectivity index (χ0v) is 10.4. The summed E-state index contributed by atoms with van der Waals surface area (Å²) in [6, 6.07) is 5.38. The molecule has 0 unspecified atom stereocenters. The highest BCUT2D eigenvalue weighted by atomic mass is 32.2. The number of benzene rings is 1.